The zero-order chi connectivity index (χ0) is 23.8. The number of aromatic nitrogens is 1. The van der Waals surface area contributed by atoms with Crippen molar-refractivity contribution in [2.45, 2.75) is 6.92 Å². The molecule has 5 rings (SSSR count). The molecule has 8 heteroatoms. The van der Waals surface area contributed by atoms with Crippen molar-refractivity contribution in [1.29, 1.82) is 0 Å². The molecule has 0 saturated carbocycles. The van der Waals surface area contributed by atoms with Crippen LogP contribution in [0.4, 0.5) is 5.69 Å². The van der Waals surface area contributed by atoms with Gasteiger partial charge in [0.1, 0.15) is 5.52 Å². The molecule has 1 heterocycles. The average Bonchev–Trinajstić information content (AvgIpc) is 3.26. The summed E-state index contributed by atoms with van der Waals surface area (Å²) in [5, 5.41) is 13.2. The van der Waals surface area contributed by atoms with E-state index in [9.17, 15) is 5.11 Å². The van der Waals surface area contributed by atoms with Gasteiger partial charge in [0, 0.05) is 31.1 Å². The van der Waals surface area contributed by atoms with Gasteiger partial charge in [0.2, 0.25) is 5.89 Å². The maximum atomic E-state index is 10.6. The van der Waals surface area contributed by atoms with Crippen molar-refractivity contribution in [3.8, 4) is 23.0 Å². The second-order valence-electron chi connectivity index (χ2n) is 7.44. The van der Waals surface area contributed by atoms with Crippen LogP contribution in [-0.2, 0) is 0 Å². The lowest BCUT2D eigenvalue weighted by molar-refractivity contribution is 0.317. The van der Waals surface area contributed by atoms with E-state index >= 15 is 0 Å². The molecule has 0 bridgehead atoms. The summed E-state index contributed by atoms with van der Waals surface area (Å²) in [4.78, 5) is 9.24. The van der Waals surface area contributed by atoms with Crippen LogP contribution >= 0.6 is 43.5 Å². The number of hydrogen-bond donors (Lipinski definition) is 1. The van der Waals surface area contributed by atoms with Crippen LogP contribution in [0, 0.1) is 0 Å². The molecule has 0 aliphatic carbocycles. The summed E-state index contributed by atoms with van der Waals surface area (Å²) < 4.78 is 13.0. The van der Waals surface area contributed by atoms with Crippen LogP contribution in [0.5, 0.6) is 11.5 Å². The number of oxazole rings is 1. The highest BCUT2D eigenvalue weighted by Crippen LogP contribution is 2.40. The number of benzene rings is 4. The van der Waals surface area contributed by atoms with Gasteiger partial charge in [-0.25, -0.2) is 4.98 Å². The highest BCUT2D eigenvalue weighted by Gasteiger charge is 2.15. The van der Waals surface area contributed by atoms with Crippen molar-refractivity contribution in [1.82, 2.24) is 4.98 Å². The summed E-state index contributed by atoms with van der Waals surface area (Å²) in [6.45, 7) is 2.30. The van der Waals surface area contributed by atoms with Gasteiger partial charge in [0.15, 0.2) is 17.1 Å². The second kappa shape index (κ2) is 9.41. The van der Waals surface area contributed by atoms with Crippen molar-refractivity contribution in [2.24, 2.45) is 4.99 Å². The van der Waals surface area contributed by atoms with E-state index in [1.54, 1.807) is 12.3 Å². The van der Waals surface area contributed by atoms with Crippen LogP contribution in [0.1, 0.15) is 12.5 Å². The van der Waals surface area contributed by atoms with Gasteiger partial charge in [-0.3, -0.25) is 4.99 Å². The molecule has 34 heavy (non-hydrogen) atoms. The van der Waals surface area contributed by atoms with Gasteiger partial charge in [0.05, 0.1) is 17.9 Å². The van der Waals surface area contributed by atoms with Crippen molar-refractivity contribution in [3.63, 3.8) is 0 Å². The van der Waals surface area contributed by atoms with Gasteiger partial charge in [-0.15, -0.1) is 0 Å². The number of hydrogen-bond acceptors (Lipinski definition) is 5. The van der Waals surface area contributed by atoms with Gasteiger partial charge in [0.25, 0.3) is 0 Å². The molecule has 5 nitrogen and oxygen atoms in total. The molecule has 1 aromatic heterocycles. The Bertz CT molecular complexity index is 1580. The quantitative estimate of drug-likeness (QED) is 0.205. The van der Waals surface area contributed by atoms with Crippen LogP contribution in [0.2, 0.25) is 5.02 Å². The topological polar surface area (TPSA) is 67.9 Å². The van der Waals surface area contributed by atoms with Crippen LogP contribution < -0.4 is 4.74 Å². The fourth-order valence-electron chi connectivity index (χ4n) is 3.70. The molecular formula is C26H17Br2ClN2O3. The average molecular weight is 601 g/mol. The SMILES string of the molecule is CCOc1cc(Br)c(Br)c(C=Nc2ccc3oc(-c4cccc5c(Cl)cccc45)nc3c2)c1O. The van der Waals surface area contributed by atoms with Crippen LogP contribution in [0.15, 0.2) is 79.0 Å². The van der Waals surface area contributed by atoms with Gasteiger partial charge >= 0.3 is 0 Å². The van der Waals surface area contributed by atoms with Gasteiger partial charge in [-0.2, -0.15) is 0 Å². The summed E-state index contributed by atoms with van der Waals surface area (Å²) in [5.74, 6) is 0.906. The van der Waals surface area contributed by atoms with Crippen LogP contribution in [0.25, 0.3) is 33.3 Å². The Balaban J connectivity index is 1.53. The molecule has 0 aliphatic rings. The Labute approximate surface area is 217 Å². The number of aliphatic imine (C=N–C) groups is 1. The fourth-order valence-corrected chi connectivity index (χ4v) is 4.77. The van der Waals surface area contributed by atoms with Crippen molar-refractivity contribution in [3.05, 3.63) is 80.2 Å². The summed E-state index contributed by atoms with van der Waals surface area (Å²) in [6, 6.07) is 18.9. The molecule has 0 radical (unpaired) electrons. The summed E-state index contributed by atoms with van der Waals surface area (Å²) in [5.41, 5.74) is 3.37. The number of phenols is 1. The highest BCUT2D eigenvalue weighted by atomic mass is 79.9. The molecule has 4 aromatic carbocycles. The fraction of sp³-hybridized carbons (Fsp3) is 0.0769. The van der Waals surface area contributed by atoms with E-state index in [-0.39, 0.29) is 5.75 Å². The monoisotopic (exact) mass is 598 g/mol. The zero-order valence-electron chi connectivity index (χ0n) is 17.8. The Morgan fingerprint density at radius 1 is 1.09 bits per heavy atom. The van der Waals surface area contributed by atoms with Gasteiger partial charge in [-0.1, -0.05) is 35.9 Å². The highest BCUT2D eigenvalue weighted by molar-refractivity contribution is 9.13. The number of aromatic hydroxyl groups is 1. The molecule has 0 spiro atoms. The molecule has 1 N–H and O–H groups in total. The van der Waals surface area contributed by atoms with Crippen molar-refractivity contribution in [2.75, 3.05) is 6.61 Å². The van der Waals surface area contributed by atoms with E-state index in [1.807, 2.05) is 61.5 Å². The van der Waals surface area contributed by atoms with E-state index in [0.29, 0.717) is 50.1 Å². The Hall–Kier alpha value is -2.87. The minimum absolute atomic E-state index is 0.0140. The lowest BCUT2D eigenvalue weighted by Crippen LogP contribution is -1.95. The van der Waals surface area contributed by atoms with E-state index in [1.165, 1.54) is 0 Å². The number of halogens is 3. The third kappa shape index (κ3) is 4.19. The first-order chi connectivity index (χ1) is 16.5. The predicted octanol–water partition coefficient (Wildman–Crippen LogP) is 8.68. The lowest BCUT2D eigenvalue weighted by atomic mass is 10.0. The number of nitrogens with zero attached hydrogens (tertiary/aromatic N) is 2. The smallest absolute Gasteiger partial charge is 0.227 e. The standard InChI is InChI=1S/C26H17Br2ClN2O3/c1-2-33-23-12-19(27)24(28)18(25(23)32)13-30-14-9-10-22-21(11-14)31-26(34-22)17-7-3-6-16-15(17)5-4-8-20(16)29/h3-13,32H,2H2,1H3. The molecule has 0 saturated heterocycles. The molecule has 0 atom stereocenters. The van der Waals surface area contributed by atoms with E-state index in [4.69, 9.17) is 25.7 Å². The van der Waals surface area contributed by atoms with Crippen molar-refractivity contribution < 1.29 is 14.3 Å². The largest absolute Gasteiger partial charge is 0.504 e. The first-order valence-electron chi connectivity index (χ1n) is 10.4. The number of rotatable bonds is 5. The Morgan fingerprint density at radius 3 is 2.71 bits per heavy atom. The molecule has 170 valence electrons. The van der Waals surface area contributed by atoms with Crippen LogP contribution in [-0.4, -0.2) is 22.9 Å². The minimum Gasteiger partial charge on any atom is -0.504 e. The summed E-state index contributed by atoms with van der Waals surface area (Å²) in [7, 11) is 0. The van der Waals surface area contributed by atoms with E-state index < -0.39 is 0 Å². The third-order valence-corrected chi connectivity index (χ3v) is 7.65. The predicted molar refractivity (Wildman–Crippen MR) is 144 cm³/mol. The molecule has 0 unspecified atom stereocenters. The number of fused-ring (bicyclic) bond motifs is 2. The third-order valence-electron chi connectivity index (χ3n) is 5.31. The first kappa shape index (κ1) is 22.9. The summed E-state index contributed by atoms with van der Waals surface area (Å²) in [6.07, 6.45) is 1.58. The first-order valence-corrected chi connectivity index (χ1v) is 12.4. The van der Waals surface area contributed by atoms with Gasteiger partial charge in [-0.05, 0) is 80.6 Å². The maximum absolute atomic E-state index is 10.6. The zero-order valence-corrected chi connectivity index (χ0v) is 21.8. The van der Waals surface area contributed by atoms with E-state index in [2.05, 4.69) is 36.9 Å². The number of ether oxygens (including phenoxy) is 1. The normalized spacial score (nSPS) is 11.6. The molecular weight excluding hydrogens is 584 g/mol. The Kier molecular flexibility index (Phi) is 6.34. The summed E-state index contributed by atoms with van der Waals surface area (Å²) >= 11 is 13.3. The van der Waals surface area contributed by atoms with Crippen LogP contribution in [0.3, 0.4) is 0 Å². The minimum atomic E-state index is 0.0140. The lowest BCUT2D eigenvalue weighted by Gasteiger charge is -2.11. The maximum Gasteiger partial charge on any atom is 0.227 e. The van der Waals surface area contributed by atoms with Crippen molar-refractivity contribution >= 4 is 77.2 Å². The molecule has 0 amide bonds. The molecule has 0 fully saturated rings. The van der Waals surface area contributed by atoms with Gasteiger partial charge < -0.3 is 14.3 Å². The second-order valence-corrected chi connectivity index (χ2v) is 9.49. The molecule has 0 aliphatic heterocycles. The molecule has 5 aromatic rings. The number of phenolic OH excluding ortho intramolecular Hbond substituents is 1. The Morgan fingerprint density at radius 2 is 1.88 bits per heavy atom. The van der Waals surface area contributed by atoms with E-state index in [0.717, 1.165) is 20.8 Å².